The Labute approximate surface area is 206 Å². The van der Waals surface area contributed by atoms with Crippen LogP contribution in [0.15, 0.2) is 67.0 Å². The van der Waals surface area contributed by atoms with Crippen LogP contribution in [0.5, 0.6) is 0 Å². The zero-order valence-electron chi connectivity index (χ0n) is 20.1. The van der Waals surface area contributed by atoms with Crippen LogP contribution in [0.3, 0.4) is 0 Å². The van der Waals surface area contributed by atoms with E-state index < -0.39 is 10.0 Å². The highest BCUT2D eigenvalue weighted by molar-refractivity contribution is 7.92. The largest absolute Gasteiger partial charge is 0.348 e. The molecular formula is C26H30N4O4S. The molecule has 3 rings (SSSR count). The maximum Gasteiger partial charge on any atom is 0.253 e. The Balaban J connectivity index is 1.60. The fraction of sp³-hybridized carbons (Fsp3) is 0.269. The number of nitrogens with zero attached hydrogens (tertiary/aromatic N) is 2. The lowest BCUT2D eigenvalue weighted by molar-refractivity contribution is -0.116. The van der Waals surface area contributed by atoms with Crippen molar-refractivity contribution >= 4 is 33.2 Å². The number of benzene rings is 2. The van der Waals surface area contributed by atoms with Crippen molar-refractivity contribution in [2.24, 2.45) is 0 Å². The predicted molar refractivity (Wildman–Crippen MR) is 138 cm³/mol. The summed E-state index contributed by atoms with van der Waals surface area (Å²) in [6, 6.07) is 15.9. The highest BCUT2D eigenvalue weighted by atomic mass is 32.2. The van der Waals surface area contributed by atoms with Gasteiger partial charge in [-0.25, -0.2) is 8.42 Å². The van der Waals surface area contributed by atoms with E-state index in [4.69, 9.17) is 0 Å². The zero-order valence-corrected chi connectivity index (χ0v) is 20.9. The van der Waals surface area contributed by atoms with Gasteiger partial charge in [0.1, 0.15) is 0 Å². The summed E-state index contributed by atoms with van der Waals surface area (Å²) < 4.78 is 26.0. The summed E-state index contributed by atoms with van der Waals surface area (Å²) in [6.07, 6.45) is 4.91. The van der Waals surface area contributed by atoms with Gasteiger partial charge in [0.2, 0.25) is 15.9 Å². The summed E-state index contributed by atoms with van der Waals surface area (Å²) >= 11 is 0. The number of hydrogen-bond acceptors (Lipinski definition) is 5. The molecule has 1 heterocycles. The number of para-hydroxylation sites is 1. The highest BCUT2D eigenvalue weighted by Gasteiger charge is 2.19. The molecule has 0 unspecified atom stereocenters. The van der Waals surface area contributed by atoms with E-state index in [0.29, 0.717) is 29.9 Å². The van der Waals surface area contributed by atoms with Crippen LogP contribution < -0.4 is 14.9 Å². The van der Waals surface area contributed by atoms with E-state index >= 15 is 0 Å². The zero-order chi connectivity index (χ0) is 25.4. The van der Waals surface area contributed by atoms with E-state index in [9.17, 15) is 18.0 Å². The van der Waals surface area contributed by atoms with Crippen LogP contribution in [0, 0.1) is 13.8 Å². The smallest absolute Gasteiger partial charge is 0.253 e. The molecule has 35 heavy (non-hydrogen) atoms. The van der Waals surface area contributed by atoms with Crippen LogP contribution >= 0.6 is 0 Å². The van der Waals surface area contributed by atoms with E-state index in [0.717, 1.165) is 22.9 Å². The lowest BCUT2D eigenvalue weighted by atomic mass is 10.1. The molecule has 0 aliphatic carbocycles. The Morgan fingerprint density at radius 3 is 2.46 bits per heavy atom. The molecule has 0 radical (unpaired) electrons. The van der Waals surface area contributed by atoms with Crippen LogP contribution in [-0.4, -0.2) is 38.0 Å². The molecule has 1 aromatic heterocycles. The van der Waals surface area contributed by atoms with Gasteiger partial charge in [0, 0.05) is 31.9 Å². The summed E-state index contributed by atoms with van der Waals surface area (Å²) in [6.45, 7) is 4.37. The van der Waals surface area contributed by atoms with E-state index in [1.165, 1.54) is 4.31 Å². The molecular weight excluding hydrogens is 464 g/mol. The average molecular weight is 495 g/mol. The van der Waals surface area contributed by atoms with Crippen LogP contribution in [-0.2, 0) is 21.4 Å². The number of aromatic nitrogens is 1. The van der Waals surface area contributed by atoms with Crippen molar-refractivity contribution < 1.29 is 18.0 Å². The van der Waals surface area contributed by atoms with Crippen LogP contribution in [0.4, 0.5) is 11.4 Å². The van der Waals surface area contributed by atoms with Gasteiger partial charge in [-0.2, -0.15) is 0 Å². The molecule has 2 N–H and O–H groups in total. The van der Waals surface area contributed by atoms with Gasteiger partial charge in [0.25, 0.3) is 5.91 Å². The first-order chi connectivity index (χ1) is 16.6. The summed E-state index contributed by atoms with van der Waals surface area (Å²) in [4.78, 5) is 29.3. The van der Waals surface area contributed by atoms with Gasteiger partial charge < -0.3 is 10.6 Å². The fourth-order valence-electron chi connectivity index (χ4n) is 3.53. The third kappa shape index (κ3) is 7.38. The SMILES string of the molecule is Cc1ccc(N(CCCC(=O)Nc2ccccc2C(=O)NCc2cccnc2)S(C)(=O)=O)cc1C. The number of rotatable bonds is 10. The molecule has 9 heteroatoms. The normalized spacial score (nSPS) is 11.1. The van der Waals surface area contributed by atoms with Crippen LogP contribution in [0.1, 0.15) is 39.9 Å². The van der Waals surface area contributed by atoms with Crippen molar-refractivity contribution in [1.29, 1.82) is 0 Å². The first-order valence-corrected chi connectivity index (χ1v) is 13.1. The molecule has 0 saturated carbocycles. The second-order valence-corrected chi connectivity index (χ2v) is 10.3. The van der Waals surface area contributed by atoms with Crippen molar-refractivity contribution in [3.8, 4) is 0 Å². The standard InChI is InChI=1S/C26H30N4O4S/c1-19-12-13-22(16-20(19)2)30(35(3,33)34)15-7-11-25(31)29-24-10-5-4-9-23(24)26(32)28-18-21-8-6-14-27-17-21/h4-6,8-10,12-14,16-17H,7,11,15,18H2,1-3H3,(H,28,32)(H,29,31). The Bertz CT molecular complexity index is 1290. The highest BCUT2D eigenvalue weighted by Crippen LogP contribution is 2.22. The number of sulfonamides is 1. The van der Waals surface area contributed by atoms with Gasteiger partial charge in [-0.05, 0) is 67.3 Å². The number of amides is 2. The monoisotopic (exact) mass is 494 g/mol. The maximum absolute atomic E-state index is 12.7. The summed E-state index contributed by atoms with van der Waals surface area (Å²) in [5, 5.41) is 5.60. The van der Waals surface area contributed by atoms with Crippen molar-refractivity contribution in [3.05, 3.63) is 89.2 Å². The minimum Gasteiger partial charge on any atom is -0.348 e. The molecule has 0 aliphatic rings. The molecule has 8 nitrogen and oxygen atoms in total. The third-order valence-corrected chi connectivity index (χ3v) is 6.76. The van der Waals surface area contributed by atoms with E-state index in [-0.39, 0.29) is 24.8 Å². The van der Waals surface area contributed by atoms with E-state index in [1.807, 2.05) is 32.0 Å². The van der Waals surface area contributed by atoms with Crippen molar-refractivity contribution in [1.82, 2.24) is 10.3 Å². The molecule has 2 amide bonds. The quantitative estimate of drug-likeness (QED) is 0.446. The van der Waals surface area contributed by atoms with Gasteiger partial charge in [-0.3, -0.25) is 18.9 Å². The molecule has 2 aromatic carbocycles. The van der Waals surface area contributed by atoms with Crippen LogP contribution in [0.25, 0.3) is 0 Å². The van der Waals surface area contributed by atoms with Gasteiger partial charge in [-0.1, -0.05) is 24.3 Å². The predicted octanol–water partition coefficient (Wildman–Crippen LogP) is 3.81. The molecule has 0 saturated heterocycles. The molecule has 0 fully saturated rings. The number of carbonyl (C=O) groups excluding carboxylic acids is 2. The molecule has 3 aromatic rings. The first kappa shape index (κ1) is 25.9. The average Bonchev–Trinajstić information content (AvgIpc) is 2.82. The van der Waals surface area contributed by atoms with Crippen molar-refractivity contribution in [2.75, 3.05) is 22.4 Å². The maximum atomic E-state index is 12.7. The molecule has 0 aliphatic heterocycles. The van der Waals surface area contributed by atoms with Gasteiger partial charge in [0.05, 0.1) is 23.2 Å². The number of hydrogen-bond donors (Lipinski definition) is 2. The van der Waals surface area contributed by atoms with Gasteiger partial charge in [0.15, 0.2) is 0 Å². The molecule has 184 valence electrons. The van der Waals surface area contributed by atoms with Crippen LogP contribution in [0.2, 0.25) is 0 Å². The second-order valence-electron chi connectivity index (χ2n) is 8.34. The number of carbonyl (C=O) groups is 2. The fourth-order valence-corrected chi connectivity index (χ4v) is 4.49. The van der Waals surface area contributed by atoms with Gasteiger partial charge >= 0.3 is 0 Å². The van der Waals surface area contributed by atoms with Gasteiger partial charge in [-0.15, -0.1) is 0 Å². The first-order valence-electron chi connectivity index (χ1n) is 11.3. The Morgan fingerprint density at radius 1 is 1.00 bits per heavy atom. The van der Waals surface area contributed by atoms with Crippen molar-refractivity contribution in [2.45, 2.75) is 33.2 Å². The summed E-state index contributed by atoms with van der Waals surface area (Å²) in [7, 11) is -3.51. The number of anilines is 2. The molecule has 0 spiro atoms. The number of aryl methyl sites for hydroxylation is 2. The number of nitrogens with one attached hydrogen (secondary N) is 2. The topological polar surface area (TPSA) is 108 Å². The summed E-state index contributed by atoms with van der Waals surface area (Å²) in [5.74, 6) is -0.617. The molecule has 0 bridgehead atoms. The third-order valence-electron chi connectivity index (χ3n) is 5.57. The molecule has 0 atom stereocenters. The summed E-state index contributed by atoms with van der Waals surface area (Å²) in [5.41, 5.74) is 4.25. The lowest BCUT2D eigenvalue weighted by Gasteiger charge is -2.23. The van der Waals surface area contributed by atoms with Crippen molar-refractivity contribution in [3.63, 3.8) is 0 Å². The Morgan fingerprint density at radius 2 is 1.77 bits per heavy atom. The van der Waals surface area contributed by atoms with E-state index in [1.54, 1.807) is 48.8 Å². The second kappa shape index (κ2) is 11.6. The Hall–Kier alpha value is -3.72. The minimum atomic E-state index is -3.51. The van der Waals surface area contributed by atoms with E-state index in [2.05, 4.69) is 15.6 Å². The lowest BCUT2D eigenvalue weighted by Crippen LogP contribution is -2.31. The Kier molecular flexibility index (Phi) is 8.59. The minimum absolute atomic E-state index is 0.0997. The number of pyridine rings is 1.